The van der Waals surface area contributed by atoms with Crippen LogP contribution in [0.2, 0.25) is 0 Å². The van der Waals surface area contributed by atoms with E-state index >= 15 is 0 Å². The Morgan fingerprint density at radius 2 is 1.68 bits per heavy atom. The molecule has 1 rings (SSSR count). The van der Waals surface area contributed by atoms with Crippen molar-refractivity contribution in [2.24, 2.45) is 0 Å². The van der Waals surface area contributed by atoms with Crippen molar-refractivity contribution < 1.29 is 19.5 Å². The Kier molecular flexibility index (Phi) is 5.05. The van der Waals surface area contributed by atoms with E-state index < -0.39 is 12.0 Å². The lowest BCUT2D eigenvalue weighted by molar-refractivity contribution is -0.141. The van der Waals surface area contributed by atoms with E-state index in [0.29, 0.717) is 5.69 Å². The first kappa shape index (κ1) is 14.7. The van der Waals surface area contributed by atoms with Gasteiger partial charge in [0.25, 0.3) is 0 Å². The first-order valence-electron chi connectivity index (χ1n) is 5.75. The molecule has 1 atom stereocenters. The first-order valence-corrected chi connectivity index (χ1v) is 5.75. The predicted octanol–water partition coefficient (Wildman–Crippen LogP) is 0.777. The fourth-order valence-corrected chi connectivity index (χ4v) is 1.61. The molecular formula is C13H16N2O4. The number of hydrogen-bond acceptors (Lipinski definition) is 3. The van der Waals surface area contributed by atoms with Crippen molar-refractivity contribution in [3.8, 4) is 0 Å². The molecule has 1 aromatic carbocycles. The molecule has 0 aliphatic heterocycles. The van der Waals surface area contributed by atoms with Gasteiger partial charge in [-0.1, -0.05) is 12.1 Å². The number of carbonyl (C=O) groups is 3. The molecule has 0 bridgehead atoms. The molecule has 0 unspecified atom stereocenters. The standard InChI is InChI=1S/C13H16N2O4/c1-8(16)14-11-5-3-10(4-6-11)7-12(13(18)19)15-9(2)17/h3-6,12H,7H2,1-2H3,(H,14,16)(H,15,17)(H,18,19)/t12-/m0/s1. The molecule has 102 valence electrons. The first-order chi connectivity index (χ1) is 8.88. The number of nitrogens with one attached hydrogen (secondary N) is 2. The van der Waals surface area contributed by atoms with Gasteiger partial charge in [-0.15, -0.1) is 0 Å². The number of carboxylic acids is 1. The molecule has 0 saturated heterocycles. The van der Waals surface area contributed by atoms with E-state index in [0.717, 1.165) is 5.56 Å². The van der Waals surface area contributed by atoms with Crippen molar-refractivity contribution in [3.05, 3.63) is 29.8 Å². The fourth-order valence-electron chi connectivity index (χ4n) is 1.61. The van der Waals surface area contributed by atoms with Gasteiger partial charge in [0.05, 0.1) is 0 Å². The van der Waals surface area contributed by atoms with Crippen molar-refractivity contribution in [1.82, 2.24) is 5.32 Å². The Labute approximate surface area is 110 Å². The number of carboxylic acid groups (broad SMARTS) is 1. The van der Waals surface area contributed by atoms with Crippen molar-refractivity contribution in [3.63, 3.8) is 0 Å². The number of aliphatic carboxylic acids is 1. The normalized spacial score (nSPS) is 11.5. The van der Waals surface area contributed by atoms with Gasteiger partial charge < -0.3 is 15.7 Å². The highest BCUT2D eigenvalue weighted by Crippen LogP contribution is 2.11. The van der Waals surface area contributed by atoms with E-state index in [1.807, 2.05) is 0 Å². The summed E-state index contributed by atoms with van der Waals surface area (Å²) in [6.07, 6.45) is 0.190. The van der Waals surface area contributed by atoms with Crippen LogP contribution in [-0.2, 0) is 20.8 Å². The molecule has 19 heavy (non-hydrogen) atoms. The zero-order valence-electron chi connectivity index (χ0n) is 10.8. The SMILES string of the molecule is CC(=O)Nc1ccc(C[C@H](NC(C)=O)C(=O)O)cc1. The van der Waals surface area contributed by atoms with Crippen LogP contribution in [0.25, 0.3) is 0 Å². The van der Waals surface area contributed by atoms with Crippen LogP contribution >= 0.6 is 0 Å². The summed E-state index contributed by atoms with van der Waals surface area (Å²) in [7, 11) is 0. The highest BCUT2D eigenvalue weighted by atomic mass is 16.4. The number of benzene rings is 1. The number of amides is 2. The Morgan fingerprint density at radius 3 is 2.11 bits per heavy atom. The summed E-state index contributed by atoms with van der Waals surface area (Å²) in [5, 5.41) is 14.0. The highest BCUT2D eigenvalue weighted by molar-refractivity contribution is 5.88. The minimum atomic E-state index is -1.08. The topological polar surface area (TPSA) is 95.5 Å². The molecule has 1 aromatic rings. The third-order valence-corrected chi connectivity index (χ3v) is 2.39. The Morgan fingerprint density at radius 1 is 1.11 bits per heavy atom. The predicted molar refractivity (Wildman–Crippen MR) is 69.7 cm³/mol. The van der Waals surface area contributed by atoms with Crippen molar-refractivity contribution in [2.75, 3.05) is 5.32 Å². The van der Waals surface area contributed by atoms with Crippen LogP contribution in [0.4, 0.5) is 5.69 Å². The lowest BCUT2D eigenvalue weighted by atomic mass is 10.1. The molecule has 0 aliphatic rings. The van der Waals surface area contributed by atoms with E-state index in [2.05, 4.69) is 10.6 Å². The lowest BCUT2D eigenvalue weighted by Crippen LogP contribution is -2.41. The van der Waals surface area contributed by atoms with Crippen molar-refractivity contribution >= 4 is 23.5 Å². The molecule has 0 radical (unpaired) electrons. The molecular weight excluding hydrogens is 248 g/mol. The van der Waals surface area contributed by atoms with Gasteiger partial charge in [0.1, 0.15) is 6.04 Å². The summed E-state index contributed by atoms with van der Waals surface area (Å²) in [4.78, 5) is 32.7. The summed E-state index contributed by atoms with van der Waals surface area (Å²) in [6, 6.07) is 5.84. The summed E-state index contributed by atoms with van der Waals surface area (Å²) in [5.41, 5.74) is 1.40. The smallest absolute Gasteiger partial charge is 0.326 e. The summed E-state index contributed by atoms with van der Waals surface area (Å²) >= 11 is 0. The second kappa shape index (κ2) is 6.53. The molecule has 0 fully saturated rings. The average Bonchev–Trinajstić information content (AvgIpc) is 2.29. The van der Waals surface area contributed by atoms with Crippen molar-refractivity contribution in [1.29, 1.82) is 0 Å². The molecule has 0 heterocycles. The van der Waals surface area contributed by atoms with Gasteiger partial charge >= 0.3 is 5.97 Å². The van der Waals surface area contributed by atoms with Gasteiger partial charge in [0.2, 0.25) is 11.8 Å². The summed E-state index contributed by atoms with van der Waals surface area (Å²) in [5.74, 6) is -1.64. The summed E-state index contributed by atoms with van der Waals surface area (Å²) in [6.45, 7) is 2.68. The van der Waals surface area contributed by atoms with Crippen LogP contribution in [0, 0.1) is 0 Å². The largest absolute Gasteiger partial charge is 0.480 e. The number of carbonyl (C=O) groups excluding carboxylic acids is 2. The van der Waals surface area contributed by atoms with Gasteiger partial charge in [-0.05, 0) is 17.7 Å². The maximum atomic E-state index is 11.0. The van der Waals surface area contributed by atoms with E-state index in [1.54, 1.807) is 24.3 Å². The fraction of sp³-hybridized carbons (Fsp3) is 0.308. The lowest BCUT2D eigenvalue weighted by Gasteiger charge is -2.13. The van der Waals surface area contributed by atoms with Gasteiger partial charge in [0.15, 0.2) is 0 Å². The maximum absolute atomic E-state index is 11.0. The molecule has 0 aliphatic carbocycles. The number of rotatable bonds is 5. The zero-order valence-corrected chi connectivity index (χ0v) is 10.8. The molecule has 0 aromatic heterocycles. The Hall–Kier alpha value is -2.37. The third kappa shape index (κ3) is 5.20. The molecule has 2 amide bonds. The molecule has 0 saturated carbocycles. The number of hydrogen-bond donors (Lipinski definition) is 3. The van der Waals surface area contributed by atoms with E-state index in [4.69, 9.17) is 5.11 Å². The monoisotopic (exact) mass is 264 g/mol. The van der Waals surface area contributed by atoms with Crippen LogP contribution in [0.1, 0.15) is 19.4 Å². The molecule has 6 heteroatoms. The van der Waals surface area contributed by atoms with Crippen LogP contribution < -0.4 is 10.6 Å². The van der Waals surface area contributed by atoms with Crippen LogP contribution in [0.15, 0.2) is 24.3 Å². The minimum absolute atomic E-state index is 0.172. The Bertz CT molecular complexity index is 482. The van der Waals surface area contributed by atoms with Gasteiger partial charge in [-0.2, -0.15) is 0 Å². The van der Waals surface area contributed by atoms with Gasteiger partial charge in [-0.25, -0.2) is 4.79 Å². The quantitative estimate of drug-likeness (QED) is 0.732. The third-order valence-electron chi connectivity index (χ3n) is 2.39. The highest BCUT2D eigenvalue weighted by Gasteiger charge is 2.18. The maximum Gasteiger partial charge on any atom is 0.326 e. The van der Waals surface area contributed by atoms with Gasteiger partial charge in [0, 0.05) is 26.0 Å². The second-order valence-electron chi connectivity index (χ2n) is 4.17. The summed E-state index contributed by atoms with van der Waals surface area (Å²) < 4.78 is 0. The van der Waals surface area contributed by atoms with Crippen LogP contribution in [0.5, 0.6) is 0 Å². The Balaban J connectivity index is 2.72. The van der Waals surface area contributed by atoms with Gasteiger partial charge in [-0.3, -0.25) is 9.59 Å². The van der Waals surface area contributed by atoms with E-state index in [1.165, 1.54) is 13.8 Å². The second-order valence-corrected chi connectivity index (χ2v) is 4.17. The molecule has 3 N–H and O–H groups in total. The minimum Gasteiger partial charge on any atom is -0.480 e. The van der Waals surface area contributed by atoms with Crippen LogP contribution in [-0.4, -0.2) is 28.9 Å². The zero-order chi connectivity index (χ0) is 14.4. The van der Waals surface area contributed by atoms with E-state index in [-0.39, 0.29) is 18.2 Å². The van der Waals surface area contributed by atoms with Crippen LogP contribution in [0.3, 0.4) is 0 Å². The molecule has 6 nitrogen and oxygen atoms in total. The molecule has 0 spiro atoms. The van der Waals surface area contributed by atoms with E-state index in [9.17, 15) is 14.4 Å². The number of anilines is 1. The van der Waals surface area contributed by atoms with Crippen molar-refractivity contribution in [2.45, 2.75) is 26.3 Å². The average molecular weight is 264 g/mol.